The van der Waals surface area contributed by atoms with Gasteiger partial charge in [0, 0.05) is 9.30 Å². The molecule has 0 N–H and O–H groups in total. The van der Waals surface area contributed by atoms with Gasteiger partial charge in [0.15, 0.2) is 0 Å². The van der Waals surface area contributed by atoms with Gasteiger partial charge in [-0.3, -0.25) is 0 Å². The molecule has 0 saturated carbocycles. The van der Waals surface area contributed by atoms with Crippen LogP contribution in [0.3, 0.4) is 0 Å². The lowest BCUT2D eigenvalue weighted by molar-refractivity contribution is 0.946. The first-order valence-corrected chi connectivity index (χ1v) is 7.80. The number of hydrogen-bond acceptors (Lipinski definition) is 0. The van der Waals surface area contributed by atoms with Crippen LogP contribution in [0.4, 0.5) is 0 Å². The first-order chi connectivity index (χ1) is 8.58. The maximum Gasteiger partial charge on any atom is 0.0591 e. The summed E-state index contributed by atoms with van der Waals surface area (Å²) >= 11 is 13.5. The van der Waals surface area contributed by atoms with Crippen molar-refractivity contribution in [3.63, 3.8) is 0 Å². The van der Waals surface area contributed by atoms with Crippen molar-refractivity contribution in [1.29, 1.82) is 0 Å². The third kappa shape index (κ3) is 3.37. The van der Waals surface area contributed by atoms with Crippen molar-refractivity contribution in [3.8, 4) is 0 Å². The SMILES string of the molecule is Cc1cccc(CC(Br)c2cccc(Br)c2Cl)c1. The molecule has 94 valence electrons. The Bertz CT molecular complexity index is 552. The Morgan fingerprint density at radius 2 is 1.89 bits per heavy atom. The van der Waals surface area contributed by atoms with Crippen LogP contribution in [0.5, 0.6) is 0 Å². The predicted molar refractivity (Wildman–Crippen MR) is 85.7 cm³/mol. The highest BCUT2D eigenvalue weighted by molar-refractivity contribution is 9.10. The molecule has 2 rings (SSSR count). The highest BCUT2D eigenvalue weighted by Crippen LogP contribution is 2.36. The zero-order valence-electron chi connectivity index (χ0n) is 9.96. The van der Waals surface area contributed by atoms with Crippen LogP contribution in [0, 0.1) is 6.92 Å². The average Bonchev–Trinajstić information content (AvgIpc) is 2.32. The van der Waals surface area contributed by atoms with Gasteiger partial charge in [0.2, 0.25) is 0 Å². The van der Waals surface area contributed by atoms with Gasteiger partial charge in [0.25, 0.3) is 0 Å². The Kier molecular flexibility index (Phi) is 4.88. The van der Waals surface area contributed by atoms with Gasteiger partial charge in [-0.25, -0.2) is 0 Å². The summed E-state index contributed by atoms with van der Waals surface area (Å²) in [5.41, 5.74) is 3.72. The van der Waals surface area contributed by atoms with Crippen LogP contribution in [-0.2, 0) is 6.42 Å². The van der Waals surface area contributed by atoms with Crippen molar-refractivity contribution in [3.05, 3.63) is 68.7 Å². The molecule has 0 radical (unpaired) electrons. The van der Waals surface area contributed by atoms with Crippen LogP contribution in [0.25, 0.3) is 0 Å². The zero-order valence-corrected chi connectivity index (χ0v) is 13.9. The smallest absolute Gasteiger partial charge is 0.0591 e. The molecule has 0 aliphatic rings. The Morgan fingerprint density at radius 3 is 2.61 bits per heavy atom. The molecule has 2 aromatic carbocycles. The second kappa shape index (κ2) is 6.23. The van der Waals surface area contributed by atoms with E-state index in [9.17, 15) is 0 Å². The number of hydrogen-bond donors (Lipinski definition) is 0. The summed E-state index contributed by atoms with van der Waals surface area (Å²) in [5, 5.41) is 0.784. The van der Waals surface area contributed by atoms with E-state index in [-0.39, 0.29) is 4.83 Å². The summed E-state index contributed by atoms with van der Waals surface area (Å²) in [6.45, 7) is 2.11. The molecule has 0 aliphatic carbocycles. The lowest BCUT2D eigenvalue weighted by Crippen LogP contribution is -1.97. The Balaban J connectivity index is 2.22. The third-order valence-corrected chi connectivity index (χ3v) is 4.94. The van der Waals surface area contributed by atoms with Crippen molar-refractivity contribution in [2.24, 2.45) is 0 Å². The molecule has 0 aliphatic heterocycles. The van der Waals surface area contributed by atoms with Crippen LogP contribution in [0.1, 0.15) is 21.5 Å². The molecule has 0 spiro atoms. The molecule has 3 heteroatoms. The van der Waals surface area contributed by atoms with Crippen LogP contribution in [0.2, 0.25) is 5.02 Å². The molecule has 1 atom stereocenters. The fourth-order valence-electron chi connectivity index (χ4n) is 1.92. The number of alkyl halides is 1. The van der Waals surface area contributed by atoms with E-state index in [0.717, 1.165) is 21.5 Å². The highest BCUT2D eigenvalue weighted by Gasteiger charge is 2.13. The highest BCUT2D eigenvalue weighted by atomic mass is 79.9. The number of benzene rings is 2. The molecular formula is C15H13Br2Cl. The molecule has 0 nitrogen and oxygen atoms in total. The molecule has 0 saturated heterocycles. The number of rotatable bonds is 3. The van der Waals surface area contributed by atoms with Crippen molar-refractivity contribution >= 4 is 43.5 Å². The molecule has 1 unspecified atom stereocenters. The first-order valence-electron chi connectivity index (χ1n) is 5.71. The van der Waals surface area contributed by atoms with Crippen molar-refractivity contribution < 1.29 is 0 Å². The first kappa shape index (κ1) is 14.1. The van der Waals surface area contributed by atoms with Crippen LogP contribution in [0.15, 0.2) is 46.9 Å². The van der Waals surface area contributed by atoms with Crippen LogP contribution in [-0.4, -0.2) is 0 Å². The summed E-state index contributed by atoms with van der Waals surface area (Å²) in [6, 6.07) is 14.6. The van der Waals surface area contributed by atoms with Crippen LogP contribution < -0.4 is 0 Å². The van der Waals surface area contributed by atoms with Crippen molar-refractivity contribution in [2.75, 3.05) is 0 Å². The quantitative estimate of drug-likeness (QED) is 0.558. The maximum atomic E-state index is 6.31. The Hall–Kier alpha value is -0.310. The Labute approximate surface area is 130 Å². The summed E-state index contributed by atoms with van der Waals surface area (Å²) in [5.74, 6) is 0. The largest absolute Gasteiger partial charge is 0.0835 e. The molecule has 0 amide bonds. The van der Waals surface area contributed by atoms with E-state index >= 15 is 0 Å². The van der Waals surface area contributed by atoms with Gasteiger partial charge < -0.3 is 0 Å². The maximum absolute atomic E-state index is 6.31. The Morgan fingerprint density at radius 1 is 1.17 bits per heavy atom. The van der Waals surface area contributed by atoms with Crippen LogP contribution >= 0.6 is 43.5 Å². The van der Waals surface area contributed by atoms with E-state index in [1.54, 1.807) is 0 Å². The average molecular weight is 389 g/mol. The molecule has 2 aromatic rings. The van der Waals surface area contributed by atoms with Gasteiger partial charge >= 0.3 is 0 Å². The minimum absolute atomic E-state index is 0.226. The third-order valence-electron chi connectivity index (χ3n) is 2.82. The second-order valence-electron chi connectivity index (χ2n) is 4.30. The predicted octanol–water partition coefficient (Wildman–Crippen LogP) is 6.09. The van der Waals surface area contributed by atoms with E-state index in [4.69, 9.17) is 11.6 Å². The molecule has 0 fully saturated rings. The van der Waals surface area contributed by atoms with E-state index < -0.39 is 0 Å². The van der Waals surface area contributed by atoms with Crippen molar-refractivity contribution in [1.82, 2.24) is 0 Å². The van der Waals surface area contributed by atoms with Gasteiger partial charge in [0.05, 0.1) is 5.02 Å². The monoisotopic (exact) mass is 386 g/mol. The summed E-state index contributed by atoms with van der Waals surface area (Å²) in [6.07, 6.45) is 0.928. The van der Waals surface area contributed by atoms with E-state index in [2.05, 4.69) is 69.1 Å². The molecule has 0 aromatic heterocycles. The van der Waals surface area contributed by atoms with Gasteiger partial charge in [0.1, 0.15) is 0 Å². The molecular weight excluding hydrogens is 375 g/mol. The molecule has 0 heterocycles. The number of aryl methyl sites for hydroxylation is 1. The molecule has 18 heavy (non-hydrogen) atoms. The van der Waals surface area contributed by atoms with E-state index in [1.165, 1.54) is 11.1 Å². The van der Waals surface area contributed by atoms with Gasteiger partial charge in [-0.2, -0.15) is 0 Å². The fraction of sp³-hybridized carbons (Fsp3) is 0.200. The zero-order chi connectivity index (χ0) is 13.1. The molecule has 0 bridgehead atoms. The fourth-order valence-corrected chi connectivity index (χ4v) is 3.44. The van der Waals surface area contributed by atoms with Gasteiger partial charge in [-0.15, -0.1) is 0 Å². The summed E-state index contributed by atoms with van der Waals surface area (Å²) in [7, 11) is 0. The second-order valence-corrected chi connectivity index (χ2v) is 6.64. The minimum Gasteiger partial charge on any atom is -0.0835 e. The summed E-state index contributed by atoms with van der Waals surface area (Å²) in [4.78, 5) is 0.226. The van der Waals surface area contributed by atoms with E-state index in [1.807, 2.05) is 12.1 Å². The van der Waals surface area contributed by atoms with Gasteiger partial charge in [-0.05, 0) is 46.5 Å². The topological polar surface area (TPSA) is 0 Å². The lowest BCUT2D eigenvalue weighted by atomic mass is 10.0. The summed E-state index contributed by atoms with van der Waals surface area (Å²) < 4.78 is 0.940. The normalized spacial score (nSPS) is 12.4. The standard InChI is InChI=1S/C15H13Br2Cl/c1-10-4-2-5-11(8-10)9-14(17)12-6-3-7-13(16)15(12)18/h2-8,14H,9H2,1H3. The lowest BCUT2D eigenvalue weighted by Gasteiger charge is -2.13. The number of halogens is 3. The van der Waals surface area contributed by atoms with Crippen molar-refractivity contribution in [2.45, 2.75) is 18.2 Å². The van der Waals surface area contributed by atoms with E-state index in [0.29, 0.717) is 0 Å². The minimum atomic E-state index is 0.226. The van der Waals surface area contributed by atoms with Gasteiger partial charge in [-0.1, -0.05) is 69.5 Å².